The SMILES string of the molecule is CCNC(=NCC(C)c1ccc(C)cc1)NCCOCC1CCCO1. The highest BCUT2D eigenvalue weighted by Gasteiger charge is 2.15. The van der Waals surface area contributed by atoms with Crippen LogP contribution in [0.3, 0.4) is 0 Å². The van der Waals surface area contributed by atoms with Crippen LogP contribution in [0.4, 0.5) is 0 Å². The number of benzene rings is 1. The normalized spacial score (nSPS) is 19.0. The molecule has 0 aromatic heterocycles. The minimum atomic E-state index is 0.289. The molecule has 0 radical (unpaired) electrons. The molecule has 0 bridgehead atoms. The van der Waals surface area contributed by atoms with Gasteiger partial charge in [-0.3, -0.25) is 4.99 Å². The van der Waals surface area contributed by atoms with E-state index in [4.69, 9.17) is 14.5 Å². The summed E-state index contributed by atoms with van der Waals surface area (Å²) in [7, 11) is 0. The molecule has 1 saturated heterocycles. The third-order valence-electron chi connectivity index (χ3n) is 4.38. The van der Waals surface area contributed by atoms with E-state index in [9.17, 15) is 0 Å². The van der Waals surface area contributed by atoms with E-state index >= 15 is 0 Å². The van der Waals surface area contributed by atoms with Gasteiger partial charge in [0.05, 0.1) is 19.3 Å². The Kier molecular flexibility index (Phi) is 8.77. The molecule has 140 valence electrons. The third-order valence-corrected chi connectivity index (χ3v) is 4.38. The number of guanidine groups is 1. The first kappa shape index (κ1) is 19.7. The topological polar surface area (TPSA) is 54.9 Å². The van der Waals surface area contributed by atoms with Gasteiger partial charge < -0.3 is 20.1 Å². The number of rotatable bonds is 9. The van der Waals surface area contributed by atoms with Crippen molar-refractivity contribution < 1.29 is 9.47 Å². The highest BCUT2D eigenvalue weighted by Crippen LogP contribution is 2.16. The molecule has 25 heavy (non-hydrogen) atoms. The first-order valence-electron chi connectivity index (χ1n) is 9.47. The van der Waals surface area contributed by atoms with Gasteiger partial charge in [0.2, 0.25) is 0 Å². The van der Waals surface area contributed by atoms with Crippen LogP contribution in [-0.2, 0) is 9.47 Å². The molecule has 2 N–H and O–H groups in total. The maximum atomic E-state index is 5.68. The quantitative estimate of drug-likeness (QED) is 0.410. The Balaban J connectivity index is 1.70. The molecule has 1 fully saturated rings. The summed E-state index contributed by atoms with van der Waals surface area (Å²) >= 11 is 0. The molecular weight excluding hydrogens is 314 g/mol. The van der Waals surface area contributed by atoms with Crippen LogP contribution >= 0.6 is 0 Å². The number of nitrogens with one attached hydrogen (secondary N) is 2. The fraction of sp³-hybridized carbons (Fsp3) is 0.650. The zero-order valence-electron chi connectivity index (χ0n) is 15.9. The molecule has 2 atom stereocenters. The predicted octanol–water partition coefficient (Wildman–Crippen LogP) is 2.85. The molecule has 1 aliphatic rings. The van der Waals surface area contributed by atoms with Gasteiger partial charge in [-0.1, -0.05) is 36.8 Å². The average molecular weight is 348 g/mol. The average Bonchev–Trinajstić information content (AvgIpc) is 3.13. The van der Waals surface area contributed by atoms with E-state index in [1.165, 1.54) is 11.1 Å². The van der Waals surface area contributed by atoms with Crippen molar-refractivity contribution in [2.75, 3.05) is 39.5 Å². The lowest BCUT2D eigenvalue weighted by atomic mass is 10.0. The molecule has 5 heteroatoms. The van der Waals surface area contributed by atoms with Gasteiger partial charge in [-0.15, -0.1) is 0 Å². The molecule has 2 unspecified atom stereocenters. The minimum absolute atomic E-state index is 0.289. The minimum Gasteiger partial charge on any atom is -0.377 e. The second kappa shape index (κ2) is 11.1. The van der Waals surface area contributed by atoms with Gasteiger partial charge in [0, 0.05) is 32.2 Å². The van der Waals surface area contributed by atoms with Crippen molar-refractivity contribution >= 4 is 5.96 Å². The van der Waals surface area contributed by atoms with E-state index in [-0.39, 0.29) is 6.10 Å². The van der Waals surface area contributed by atoms with E-state index < -0.39 is 0 Å². The summed E-state index contributed by atoms with van der Waals surface area (Å²) in [4.78, 5) is 4.70. The van der Waals surface area contributed by atoms with Crippen LogP contribution in [0.15, 0.2) is 29.3 Å². The third kappa shape index (κ3) is 7.45. The van der Waals surface area contributed by atoms with E-state index in [0.29, 0.717) is 19.1 Å². The smallest absolute Gasteiger partial charge is 0.191 e. The maximum Gasteiger partial charge on any atom is 0.191 e. The largest absolute Gasteiger partial charge is 0.377 e. The van der Waals surface area contributed by atoms with Crippen molar-refractivity contribution in [1.29, 1.82) is 0 Å². The Bertz CT molecular complexity index is 510. The zero-order chi connectivity index (χ0) is 17.9. The maximum absolute atomic E-state index is 5.68. The van der Waals surface area contributed by atoms with Gasteiger partial charge in [-0.25, -0.2) is 0 Å². The molecule has 0 spiro atoms. The summed E-state index contributed by atoms with van der Waals surface area (Å²) in [6, 6.07) is 8.69. The van der Waals surface area contributed by atoms with Gasteiger partial charge in [-0.05, 0) is 32.3 Å². The van der Waals surface area contributed by atoms with Crippen molar-refractivity contribution in [1.82, 2.24) is 10.6 Å². The Morgan fingerprint density at radius 1 is 1.32 bits per heavy atom. The highest BCUT2D eigenvalue weighted by atomic mass is 16.5. The van der Waals surface area contributed by atoms with Crippen molar-refractivity contribution in [3.8, 4) is 0 Å². The van der Waals surface area contributed by atoms with E-state index in [0.717, 1.165) is 45.0 Å². The number of aryl methyl sites for hydroxylation is 1. The number of aliphatic imine (C=N–C) groups is 1. The molecule has 1 aromatic rings. The van der Waals surface area contributed by atoms with Crippen molar-refractivity contribution in [3.63, 3.8) is 0 Å². The molecule has 5 nitrogen and oxygen atoms in total. The number of hydrogen-bond donors (Lipinski definition) is 2. The lowest BCUT2D eigenvalue weighted by Gasteiger charge is -2.15. The van der Waals surface area contributed by atoms with Crippen LogP contribution in [-0.4, -0.2) is 51.5 Å². The zero-order valence-corrected chi connectivity index (χ0v) is 15.9. The Morgan fingerprint density at radius 2 is 2.12 bits per heavy atom. The van der Waals surface area contributed by atoms with E-state index in [2.05, 4.69) is 55.7 Å². The number of hydrogen-bond acceptors (Lipinski definition) is 3. The summed E-state index contributed by atoms with van der Waals surface area (Å²) < 4.78 is 11.2. The monoisotopic (exact) mass is 347 g/mol. The number of nitrogens with zero attached hydrogens (tertiary/aromatic N) is 1. The van der Waals surface area contributed by atoms with Gasteiger partial charge >= 0.3 is 0 Å². The van der Waals surface area contributed by atoms with Gasteiger partial charge in [0.15, 0.2) is 5.96 Å². The summed E-state index contributed by atoms with van der Waals surface area (Å²) in [6.45, 7) is 11.0. The molecule has 1 aliphatic heterocycles. The van der Waals surface area contributed by atoms with Crippen LogP contribution in [0.2, 0.25) is 0 Å². The molecule has 1 heterocycles. The van der Waals surface area contributed by atoms with Crippen molar-refractivity contribution in [3.05, 3.63) is 35.4 Å². The molecule has 2 rings (SSSR count). The summed E-state index contributed by atoms with van der Waals surface area (Å²) in [5, 5.41) is 6.62. The van der Waals surface area contributed by atoms with Crippen LogP contribution in [0.25, 0.3) is 0 Å². The highest BCUT2D eigenvalue weighted by molar-refractivity contribution is 5.79. The molecular formula is C20H33N3O2. The summed E-state index contributed by atoms with van der Waals surface area (Å²) in [5.41, 5.74) is 2.61. The Hall–Kier alpha value is -1.59. The fourth-order valence-electron chi connectivity index (χ4n) is 2.80. The van der Waals surface area contributed by atoms with Crippen LogP contribution in [0.5, 0.6) is 0 Å². The van der Waals surface area contributed by atoms with Crippen molar-refractivity contribution in [2.45, 2.75) is 45.6 Å². The van der Waals surface area contributed by atoms with Gasteiger partial charge in [-0.2, -0.15) is 0 Å². The Labute approximate surface area is 152 Å². The molecule has 0 aliphatic carbocycles. The first-order valence-corrected chi connectivity index (χ1v) is 9.47. The lowest BCUT2D eigenvalue weighted by molar-refractivity contribution is 0.0191. The van der Waals surface area contributed by atoms with Crippen molar-refractivity contribution in [2.24, 2.45) is 4.99 Å². The van der Waals surface area contributed by atoms with Crippen LogP contribution < -0.4 is 10.6 Å². The fourth-order valence-corrected chi connectivity index (χ4v) is 2.80. The predicted molar refractivity (Wildman–Crippen MR) is 103 cm³/mol. The summed E-state index contributed by atoms with van der Waals surface area (Å²) in [5.74, 6) is 1.24. The Morgan fingerprint density at radius 3 is 2.80 bits per heavy atom. The molecule has 0 saturated carbocycles. The first-order chi connectivity index (χ1) is 12.2. The second-order valence-corrected chi connectivity index (χ2v) is 6.67. The van der Waals surface area contributed by atoms with E-state index in [1.807, 2.05) is 0 Å². The summed E-state index contributed by atoms with van der Waals surface area (Å²) in [6.07, 6.45) is 2.56. The number of ether oxygens (including phenoxy) is 2. The van der Waals surface area contributed by atoms with Crippen LogP contribution in [0.1, 0.15) is 43.7 Å². The standard InChI is InChI=1S/C20H33N3O2/c1-4-21-20(22-11-13-24-15-19-6-5-12-25-19)23-14-17(3)18-9-7-16(2)8-10-18/h7-10,17,19H,4-6,11-15H2,1-3H3,(H2,21,22,23). The molecule has 0 amide bonds. The van der Waals surface area contributed by atoms with Gasteiger partial charge in [0.1, 0.15) is 0 Å². The van der Waals surface area contributed by atoms with Gasteiger partial charge in [0.25, 0.3) is 0 Å². The lowest BCUT2D eigenvalue weighted by Crippen LogP contribution is -2.39. The van der Waals surface area contributed by atoms with E-state index in [1.54, 1.807) is 0 Å². The molecule has 1 aromatic carbocycles. The second-order valence-electron chi connectivity index (χ2n) is 6.67. The van der Waals surface area contributed by atoms with Crippen LogP contribution in [0, 0.1) is 6.92 Å².